The Bertz CT molecular complexity index is 419. The number of aliphatic hydroxyl groups excluding tert-OH is 1. The third-order valence-electron chi connectivity index (χ3n) is 2.04. The van der Waals surface area contributed by atoms with Crippen LogP contribution in [0.25, 0.3) is 0 Å². The zero-order valence-electron chi connectivity index (χ0n) is 8.81. The quantitative estimate of drug-likeness (QED) is 0.831. The predicted octanol–water partition coefficient (Wildman–Crippen LogP) is 0.882. The van der Waals surface area contributed by atoms with Crippen LogP contribution in [0.3, 0.4) is 0 Å². The van der Waals surface area contributed by atoms with Gasteiger partial charge < -0.3 is 5.11 Å². The maximum Gasteiger partial charge on any atom is 0.239 e. The molecule has 1 aromatic heterocycles. The number of anilines is 1. The van der Waals surface area contributed by atoms with E-state index in [0.717, 1.165) is 10.6 Å². The maximum atomic E-state index is 11.5. The van der Waals surface area contributed by atoms with Crippen molar-refractivity contribution >= 4 is 26.5 Å². The molecule has 5 nitrogen and oxygen atoms in total. The summed E-state index contributed by atoms with van der Waals surface area (Å²) >= 11 is 1.29. The van der Waals surface area contributed by atoms with Crippen molar-refractivity contribution in [3.63, 3.8) is 0 Å². The van der Waals surface area contributed by atoms with Gasteiger partial charge in [0, 0.05) is 4.88 Å². The first-order chi connectivity index (χ1) is 6.86. The van der Waals surface area contributed by atoms with Crippen LogP contribution >= 0.6 is 11.3 Å². The van der Waals surface area contributed by atoms with Gasteiger partial charge >= 0.3 is 0 Å². The molecule has 0 spiro atoms. The minimum atomic E-state index is -3.52. The van der Waals surface area contributed by atoms with Crippen LogP contribution < -0.4 is 4.72 Å². The Morgan fingerprint density at radius 3 is 2.53 bits per heavy atom. The normalized spacial score (nSPS) is 13.9. The second-order valence-corrected chi connectivity index (χ2v) is 6.60. The molecule has 2 N–H and O–H groups in total. The Kier molecular flexibility index (Phi) is 3.69. The van der Waals surface area contributed by atoms with Gasteiger partial charge in [0.15, 0.2) is 5.13 Å². The number of sulfonamides is 1. The SMILES string of the molecule is Cc1nc(NS(=O)(=O)C(C)CO)sc1C. The second kappa shape index (κ2) is 4.46. The number of aliphatic hydroxyl groups is 1. The molecular formula is C8H14N2O3S2. The zero-order chi connectivity index (χ0) is 11.6. The summed E-state index contributed by atoms with van der Waals surface area (Å²) in [5, 5.41) is 8.29. The number of hydrogen-bond acceptors (Lipinski definition) is 5. The highest BCUT2D eigenvalue weighted by Crippen LogP contribution is 2.22. The molecule has 1 unspecified atom stereocenters. The molecule has 0 aliphatic rings. The highest BCUT2D eigenvalue weighted by atomic mass is 32.2. The van der Waals surface area contributed by atoms with Gasteiger partial charge in [0.25, 0.3) is 0 Å². The third-order valence-corrected chi connectivity index (χ3v) is 4.85. The van der Waals surface area contributed by atoms with Gasteiger partial charge in [0.1, 0.15) is 5.25 Å². The number of nitrogens with one attached hydrogen (secondary N) is 1. The van der Waals surface area contributed by atoms with Gasteiger partial charge in [0.05, 0.1) is 12.3 Å². The summed E-state index contributed by atoms with van der Waals surface area (Å²) in [5.41, 5.74) is 0.814. The molecule has 15 heavy (non-hydrogen) atoms. The molecule has 0 amide bonds. The van der Waals surface area contributed by atoms with E-state index in [0.29, 0.717) is 5.13 Å². The van der Waals surface area contributed by atoms with Crippen molar-refractivity contribution in [3.05, 3.63) is 10.6 Å². The van der Waals surface area contributed by atoms with Crippen molar-refractivity contribution in [2.24, 2.45) is 0 Å². The summed E-state index contributed by atoms with van der Waals surface area (Å²) in [6, 6.07) is 0. The summed E-state index contributed by atoms with van der Waals surface area (Å²) in [7, 11) is -3.52. The average Bonchev–Trinajstić information content (AvgIpc) is 2.43. The molecule has 0 saturated heterocycles. The highest BCUT2D eigenvalue weighted by Gasteiger charge is 2.21. The molecule has 1 rings (SSSR count). The summed E-state index contributed by atoms with van der Waals surface area (Å²) in [5.74, 6) is 0. The minimum absolute atomic E-state index is 0.352. The molecule has 0 aliphatic carbocycles. The fraction of sp³-hybridized carbons (Fsp3) is 0.625. The maximum absolute atomic E-state index is 11.5. The smallest absolute Gasteiger partial charge is 0.239 e. The van der Waals surface area contributed by atoms with Gasteiger partial charge in [-0.2, -0.15) is 0 Å². The molecule has 0 fully saturated rings. The first-order valence-electron chi connectivity index (χ1n) is 4.43. The van der Waals surface area contributed by atoms with Crippen LogP contribution in [0.4, 0.5) is 5.13 Å². The molecule has 1 heterocycles. The van der Waals surface area contributed by atoms with Crippen LogP contribution in [0.1, 0.15) is 17.5 Å². The monoisotopic (exact) mass is 250 g/mol. The molecule has 1 aromatic rings. The van der Waals surface area contributed by atoms with E-state index in [1.807, 2.05) is 13.8 Å². The van der Waals surface area contributed by atoms with Gasteiger partial charge in [-0.15, -0.1) is 11.3 Å². The molecule has 7 heteroatoms. The fourth-order valence-electron chi connectivity index (χ4n) is 0.837. The molecule has 0 saturated carbocycles. The van der Waals surface area contributed by atoms with Crippen molar-refractivity contribution < 1.29 is 13.5 Å². The number of rotatable bonds is 4. The van der Waals surface area contributed by atoms with E-state index in [9.17, 15) is 8.42 Å². The highest BCUT2D eigenvalue weighted by molar-refractivity contribution is 7.93. The topological polar surface area (TPSA) is 79.3 Å². The van der Waals surface area contributed by atoms with Crippen molar-refractivity contribution in [1.82, 2.24) is 4.98 Å². The van der Waals surface area contributed by atoms with Crippen LogP contribution in [-0.4, -0.2) is 30.4 Å². The lowest BCUT2D eigenvalue weighted by molar-refractivity contribution is 0.296. The van der Waals surface area contributed by atoms with Crippen LogP contribution in [0.2, 0.25) is 0 Å². The summed E-state index contributed by atoms with van der Waals surface area (Å²) in [6.45, 7) is 4.73. The third kappa shape index (κ3) is 2.90. The number of hydrogen-bond donors (Lipinski definition) is 2. The molecule has 1 atom stereocenters. The van der Waals surface area contributed by atoms with Crippen molar-refractivity contribution in [1.29, 1.82) is 0 Å². The van der Waals surface area contributed by atoms with Crippen molar-refractivity contribution in [3.8, 4) is 0 Å². The Hall–Kier alpha value is -0.660. The van der Waals surface area contributed by atoms with E-state index < -0.39 is 21.9 Å². The van der Waals surface area contributed by atoms with Gasteiger partial charge in [0.2, 0.25) is 10.0 Å². The molecular weight excluding hydrogens is 236 g/mol. The Labute approximate surface area is 93.2 Å². The molecule has 0 radical (unpaired) electrons. The van der Waals surface area contributed by atoms with Gasteiger partial charge in [-0.25, -0.2) is 13.4 Å². The summed E-state index contributed by atoms with van der Waals surface area (Å²) < 4.78 is 25.4. The standard InChI is InChI=1S/C8H14N2O3S2/c1-5(4-11)15(12,13)10-8-9-6(2)7(3)14-8/h5,11H,4H2,1-3H3,(H,9,10). The van der Waals surface area contributed by atoms with E-state index in [4.69, 9.17) is 5.11 Å². The Morgan fingerprint density at radius 2 is 2.13 bits per heavy atom. The van der Waals surface area contributed by atoms with Gasteiger partial charge in [-0.1, -0.05) is 0 Å². The van der Waals surface area contributed by atoms with E-state index in [2.05, 4.69) is 9.71 Å². The molecule has 0 bridgehead atoms. The molecule has 86 valence electrons. The summed E-state index contributed by atoms with van der Waals surface area (Å²) in [4.78, 5) is 5.03. The van der Waals surface area contributed by atoms with E-state index in [1.165, 1.54) is 18.3 Å². The summed E-state index contributed by atoms with van der Waals surface area (Å²) in [6.07, 6.45) is 0. The molecule has 0 aliphatic heterocycles. The van der Waals surface area contributed by atoms with Crippen molar-refractivity contribution in [2.75, 3.05) is 11.3 Å². The van der Waals surface area contributed by atoms with E-state index >= 15 is 0 Å². The fourth-order valence-corrected chi connectivity index (χ4v) is 2.70. The molecule has 0 aromatic carbocycles. The van der Waals surface area contributed by atoms with Crippen LogP contribution in [0.5, 0.6) is 0 Å². The lowest BCUT2D eigenvalue weighted by Crippen LogP contribution is -2.28. The van der Waals surface area contributed by atoms with Crippen LogP contribution in [0.15, 0.2) is 0 Å². The largest absolute Gasteiger partial charge is 0.395 e. The van der Waals surface area contributed by atoms with Crippen LogP contribution in [0, 0.1) is 13.8 Å². The Morgan fingerprint density at radius 1 is 1.53 bits per heavy atom. The zero-order valence-corrected chi connectivity index (χ0v) is 10.4. The average molecular weight is 250 g/mol. The van der Waals surface area contributed by atoms with Crippen molar-refractivity contribution in [2.45, 2.75) is 26.0 Å². The predicted molar refractivity (Wildman–Crippen MR) is 60.7 cm³/mol. The van der Waals surface area contributed by atoms with E-state index in [-0.39, 0.29) is 0 Å². The second-order valence-electron chi connectivity index (χ2n) is 3.30. The van der Waals surface area contributed by atoms with Gasteiger partial charge in [-0.05, 0) is 20.8 Å². The first kappa shape index (κ1) is 12.4. The van der Waals surface area contributed by atoms with Gasteiger partial charge in [-0.3, -0.25) is 4.72 Å². The number of nitrogens with zero attached hydrogens (tertiary/aromatic N) is 1. The minimum Gasteiger partial charge on any atom is -0.395 e. The number of aromatic nitrogens is 1. The van der Waals surface area contributed by atoms with Crippen LogP contribution in [-0.2, 0) is 10.0 Å². The number of thiazole rings is 1. The Balaban J connectivity index is 2.87. The number of aryl methyl sites for hydroxylation is 2. The lowest BCUT2D eigenvalue weighted by atomic mass is 10.4. The lowest BCUT2D eigenvalue weighted by Gasteiger charge is -2.09. The van der Waals surface area contributed by atoms with E-state index in [1.54, 1.807) is 0 Å². The first-order valence-corrected chi connectivity index (χ1v) is 6.79.